The summed E-state index contributed by atoms with van der Waals surface area (Å²) in [6.07, 6.45) is 0. The molecular weight excluding hydrogens is 188 g/mol. The third-order valence-electron chi connectivity index (χ3n) is 2.27. The van der Waals surface area contributed by atoms with Crippen LogP contribution in [-0.4, -0.2) is 32.1 Å². The molecule has 0 radical (unpaired) electrons. The molecule has 84 valence electrons. The van der Waals surface area contributed by atoms with Crippen molar-refractivity contribution in [2.45, 2.75) is 13.2 Å². The minimum atomic E-state index is 0.675. The predicted molar refractivity (Wildman–Crippen MR) is 62.5 cm³/mol. The van der Waals surface area contributed by atoms with Crippen molar-refractivity contribution in [2.75, 3.05) is 27.2 Å². The molecule has 15 heavy (non-hydrogen) atoms. The molecule has 1 aromatic rings. The Labute approximate surface area is 91.8 Å². The van der Waals surface area contributed by atoms with Crippen molar-refractivity contribution >= 4 is 0 Å². The van der Waals surface area contributed by atoms with Crippen LogP contribution in [0.4, 0.5) is 0 Å². The summed E-state index contributed by atoms with van der Waals surface area (Å²) < 4.78 is 5.10. The van der Waals surface area contributed by atoms with E-state index in [1.54, 1.807) is 7.11 Å². The molecule has 0 heterocycles. The van der Waals surface area contributed by atoms with Gasteiger partial charge in [0.2, 0.25) is 0 Å². The number of methoxy groups -OCH3 is 1. The normalized spacial score (nSPS) is 10.9. The van der Waals surface area contributed by atoms with E-state index in [4.69, 9.17) is 10.5 Å². The summed E-state index contributed by atoms with van der Waals surface area (Å²) in [7, 11) is 3.79. The first-order valence-electron chi connectivity index (χ1n) is 5.21. The summed E-state index contributed by atoms with van der Waals surface area (Å²) in [6.45, 7) is 3.24. The first-order chi connectivity index (χ1) is 7.26. The maximum absolute atomic E-state index is 5.50. The molecular formula is C12H20N2O. The third-order valence-corrected chi connectivity index (χ3v) is 2.27. The zero-order valence-corrected chi connectivity index (χ0v) is 9.57. The van der Waals surface area contributed by atoms with E-state index in [0.717, 1.165) is 13.1 Å². The number of ether oxygens (including phenoxy) is 1. The molecule has 0 unspecified atom stereocenters. The number of hydrogen-bond acceptors (Lipinski definition) is 3. The van der Waals surface area contributed by atoms with E-state index in [2.05, 4.69) is 36.2 Å². The van der Waals surface area contributed by atoms with Gasteiger partial charge in [-0.3, -0.25) is 0 Å². The van der Waals surface area contributed by atoms with E-state index < -0.39 is 0 Å². The second kappa shape index (κ2) is 6.56. The molecule has 0 saturated heterocycles. The average Bonchev–Trinajstić information content (AvgIpc) is 2.19. The quantitative estimate of drug-likeness (QED) is 0.764. The SMILES string of the molecule is COCc1cccc(CN(C)CCN)c1. The lowest BCUT2D eigenvalue weighted by molar-refractivity contribution is 0.184. The second-order valence-corrected chi connectivity index (χ2v) is 3.78. The number of nitrogens with zero attached hydrogens (tertiary/aromatic N) is 1. The molecule has 0 aliphatic carbocycles. The van der Waals surface area contributed by atoms with E-state index >= 15 is 0 Å². The molecule has 0 spiro atoms. The second-order valence-electron chi connectivity index (χ2n) is 3.78. The topological polar surface area (TPSA) is 38.5 Å². The van der Waals surface area contributed by atoms with Crippen molar-refractivity contribution in [3.8, 4) is 0 Å². The number of benzene rings is 1. The van der Waals surface area contributed by atoms with Crippen LogP contribution in [0.3, 0.4) is 0 Å². The number of likely N-dealkylation sites (N-methyl/N-ethyl adjacent to an activating group) is 1. The Kier molecular flexibility index (Phi) is 5.32. The molecule has 0 amide bonds. The largest absolute Gasteiger partial charge is 0.380 e. The predicted octanol–water partition coefficient (Wildman–Crippen LogP) is 1.22. The molecule has 0 aromatic heterocycles. The number of rotatable bonds is 6. The molecule has 1 aromatic carbocycles. The average molecular weight is 208 g/mol. The lowest BCUT2D eigenvalue weighted by Crippen LogP contribution is -2.24. The fourth-order valence-corrected chi connectivity index (χ4v) is 1.60. The molecule has 0 aliphatic heterocycles. The Hall–Kier alpha value is -0.900. The van der Waals surface area contributed by atoms with Gasteiger partial charge in [0.15, 0.2) is 0 Å². The van der Waals surface area contributed by atoms with E-state index in [1.807, 2.05) is 0 Å². The van der Waals surface area contributed by atoms with Gasteiger partial charge in [0.05, 0.1) is 6.61 Å². The van der Waals surface area contributed by atoms with Crippen LogP contribution in [0.25, 0.3) is 0 Å². The van der Waals surface area contributed by atoms with Crippen molar-refractivity contribution in [2.24, 2.45) is 5.73 Å². The van der Waals surface area contributed by atoms with Gasteiger partial charge in [0, 0.05) is 26.7 Å². The maximum atomic E-state index is 5.50. The number of hydrogen-bond donors (Lipinski definition) is 1. The van der Waals surface area contributed by atoms with Crippen molar-refractivity contribution in [1.82, 2.24) is 4.90 Å². The van der Waals surface area contributed by atoms with E-state index in [0.29, 0.717) is 13.2 Å². The van der Waals surface area contributed by atoms with Gasteiger partial charge in [0.1, 0.15) is 0 Å². The van der Waals surface area contributed by atoms with Crippen LogP contribution in [-0.2, 0) is 17.9 Å². The van der Waals surface area contributed by atoms with Crippen LogP contribution in [0, 0.1) is 0 Å². The van der Waals surface area contributed by atoms with E-state index in [9.17, 15) is 0 Å². The van der Waals surface area contributed by atoms with E-state index in [-0.39, 0.29) is 0 Å². The van der Waals surface area contributed by atoms with Crippen molar-refractivity contribution < 1.29 is 4.74 Å². The lowest BCUT2D eigenvalue weighted by atomic mass is 10.1. The maximum Gasteiger partial charge on any atom is 0.0713 e. The van der Waals surface area contributed by atoms with Crippen molar-refractivity contribution in [1.29, 1.82) is 0 Å². The third kappa shape index (κ3) is 4.42. The minimum absolute atomic E-state index is 0.675. The molecule has 2 N–H and O–H groups in total. The summed E-state index contributed by atoms with van der Waals surface area (Å²) in [5.74, 6) is 0. The monoisotopic (exact) mass is 208 g/mol. The van der Waals surface area contributed by atoms with Crippen LogP contribution >= 0.6 is 0 Å². The summed E-state index contributed by atoms with van der Waals surface area (Å²) >= 11 is 0. The highest BCUT2D eigenvalue weighted by Crippen LogP contribution is 2.08. The van der Waals surface area contributed by atoms with Crippen LogP contribution < -0.4 is 5.73 Å². The van der Waals surface area contributed by atoms with Gasteiger partial charge in [-0.1, -0.05) is 24.3 Å². The van der Waals surface area contributed by atoms with Crippen molar-refractivity contribution in [3.63, 3.8) is 0 Å². The molecule has 0 bridgehead atoms. The highest BCUT2D eigenvalue weighted by Gasteiger charge is 2.00. The summed E-state index contributed by atoms with van der Waals surface area (Å²) in [5, 5.41) is 0. The molecule has 0 aliphatic rings. The fraction of sp³-hybridized carbons (Fsp3) is 0.500. The van der Waals surface area contributed by atoms with Gasteiger partial charge in [-0.05, 0) is 18.2 Å². The summed E-state index contributed by atoms with van der Waals surface area (Å²) in [5.41, 5.74) is 8.02. The van der Waals surface area contributed by atoms with Crippen LogP contribution in [0.15, 0.2) is 24.3 Å². The number of nitrogens with two attached hydrogens (primary N) is 1. The lowest BCUT2D eigenvalue weighted by Gasteiger charge is -2.15. The smallest absolute Gasteiger partial charge is 0.0713 e. The highest BCUT2D eigenvalue weighted by molar-refractivity contribution is 5.22. The molecule has 0 fully saturated rings. The first kappa shape index (κ1) is 12.2. The Morgan fingerprint density at radius 2 is 2.07 bits per heavy atom. The van der Waals surface area contributed by atoms with Gasteiger partial charge in [-0.25, -0.2) is 0 Å². The van der Waals surface area contributed by atoms with Gasteiger partial charge in [-0.2, -0.15) is 0 Å². The van der Waals surface area contributed by atoms with Gasteiger partial charge >= 0.3 is 0 Å². The van der Waals surface area contributed by atoms with Crippen LogP contribution in [0.5, 0.6) is 0 Å². The Morgan fingerprint density at radius 3 is 2.73 bits per heavy atom. The van der Waals surface area contributed by atoms with E-state index in [1.165, 1.54) is 11.1 Å². The zero-order chi connectivity index (χ0) is 11.1. The van der Waals surface area contributed by atoms with Gasteiger partial charge in [0.25, 0.3) is 0 Å². The standard InChI is InChI=1S/C12H20N2O/c1-14(7-6-13)9-11-4-3-5-12(8-11)10-15-2/h3-5,8H,6-7,9-10,13H2,1-2H3. The Morgan fingerprint density at radius 1 is 1.33 bits per heavy atom. The van der Waals surface area contributed by atoms with Crippen LogP contribution in [0.2, 0.25) is 0 Å². The molecule has 1 rings (SSSR count). The minimum Gasteiger partial charge on any atom is -0.380 e. The Balaban J connectivity index is 2.56. The van der Waals surface area contributed by atoms with Gasteiger partial charge in [-0.15, -0.1) is 0 Å². The van der Waals surface area contributed by atoms with Crippen LogP contribution in [0.1, 0.15) is 11.1 Å². The highest BCUT2D eigenvalue weighted by atomic mass is 16.5. The Bertz CT molecular complexity index is 289. The zero-order valence-electron chi connectivity index (χ0n) is 9.57. The molecule has 0 saturated carbocycles. The fourth-order valence-electron chi connectivity index (χ4n) is 1.60. The molecule has 0 atom stereocenters. The molecule has 3 heteroatoms. The molecule has 3 nitrogen and oxygen atoms in total. The van der Waals surface area contributed by atoms with Crippen molar-refractivity contribution in [3.05, 3.63) is 35.4 Å². The van der Waals surface area contributed by atoms with Gasteiger partial charge < -0.3 is 15.4 Å². The summed E-state index contributed by atoms with van der Waals surface area (Å²) in [4.78, 5) is 2.21. The first-order valence-corrected chi connectivity index (χ1v) is 5.21. The summed E-state index contributed by atoms with van der Waals surface area (Å²) in [6, 6.07) is 8.46.